The molecule has 4 aromatic rings. The lowest BCUT2D eigenvalue weighted by Gasteiger charge is -2.18. The highest BCUT2D eigenvalue weighted by atomic mass is 79.9. The highest BCUT2D eigenvalue weighted by molar-refractivity contribution is 8.93. The first kappa shape index (κ1) is 19.0. The van der Waals surface area contributed by atoms with Gasteiger partial charge in [-0.25, -0.2) is 0 Å². The van der Waals surface area contributed by atoms with Gasteiger partial charge in [-0.3, -0.25) is 0 Å². The first-order valence-corrected chi connectivity index (χ1v) is 8.95. The van der Waals surface area contributed by atoms with Crippen molar-refractivity contribution in [2.75, 3.05) is 0 Å². The van der Waals surface area contributed by atoms with E-state index in [9.17, 15) is 0 Å². The Kier molecular flexibility index (Phi) is 8.03. The Morgan fingerprint density at radius 1 is 0.600 bits per heavy atom. The summed E-state index contributed by atoms with van der Waals surface area (Å²) in [5.74, 6) is 0. The molecule has 1 heterocycles. The minimum Gasteiger partial charge on any atom is -0.346 e. The molecule has 0 aliphatic rings. The minimum atomic E-state index is -0.446. The van der Waals surface area contributed by atoms with Gasteiger partial charge in [-0.1, -0.05) is 91.0 Å². The molecule has 0 aliphatic heterocycles. The van der Waals surface area contributed by atoms with E-state index < -0.39 is 7.92 Å². The van der Waals surface area contributed by atoms with Crippen molar-refractivity contribution in [2.24, 2.45) is 0 Å². The lowest BCUT2D eigenvalue weighted by Crippen LogP contribution is -2.20. The average molecular weight is 413 g/mol. The van der Waals surface area contributed by atoms with E-state index in [4.69, 9.17) is 0 Å². The molecule has 0 fully saturated rings. The van der Waals surface area contributed by atoms with Crippen LogP contribution in [0, 0.1) is 0 Å². The molecule has 0 amide bonds. The molecule has 3 nitrogen and oxygen atoms in total. The molecule has 0 unspecified atom stereocenters. The summed E-state index contributed by atoms with van der Waals surface area (Å²) in [5.41, 5.74) is 0. The van der Waals surface area contributed by atoms with Gasteiger partial charge in [-0.15, -0.1) is 22.1 Å². The molecule has 0 atom stereocenters. The van der Waals surface area contributed by atoms with E-state index in [1.165, 1.54) is 28.4 Å². The lowest BCUT2D eigenvalue weighted by molar-refractivity contribution is 0.393. The van der Waals surface area contributed by atoms with Crippen molar-refractivity contribution in [1.29, 1.82) is 0 Å². The first-order valence-electron chi connectivity index (χ1n) is 7.61. The van der Waals surface area contributed by atoms with Crippen LogP contribution in [0.5, 0.6) is 0 Å². The molecule has 0 saturated carbocycles. The third kappa shape index (κ3) is 5.63. The van der Waals surface area contributed by atoms with Gasteiger partial charge in [0, 0.05) is 5.27 Å². The number of rotatable bonds is 3. The van der Waals surface area contributed by atoms with Crippen LogP contribution in [0.4, 0.5) is 0 Å². The lowest BCUT2D eigenvalue weighted by atomic mass is 10.4. The number of aromatic nitrogens is 2. The van der Waals surface area contributed by atoms with Crippen LogP contribution < -0.4 is 15.9 Å². The summed E-state index contributed by atoms with van der Waals surface area (Å²) in [6.07, 6.45) is 2.88. The van der Waals surface area contributed by atoms with Crippen LogP contribution in [0.1, 0.15) is 0 Å². The zero-order chi connectivity index (χ0) is 16.5. The van der Waals surface area contributed by atoms with Gasteiger partial charge in [0.05, 0.1) is 6.20 Å². The van der Waals surface area contributed by atoms with Gasteiger partial charge in [0.15, 0.2) is 0 Å². The number of hydrogen-bond acceptors (Lipinski definition) is 3. The standard InChI is InChI=1S/C18H15P.C2H2N2O.BrH/c1-4-10-16(11-5-1)19(17-12-6-2-7-13-17)18-14-8-3-9-15-18;1-2-5-4-3-1;/h1-15H;1-2H;1H. The van der Waals surface area contributed by atoms with Crippen molar-refractivity contribution >= 4 is 40.8 Å². The molecular formula is C20H18BrN2OP. The number of hydrogen-bond donors (Lipinski definition) is 0. The van der Waals surface area contributed by atoms with Crippen molar-refractivity contribution in [3.05, 3.63) is 103 Å². The Labute approximate surface area is 159 Å². The van der Waals surface area contributed by atoms with E-state index in [1.54, 1.807) is 0 Å². The molecule has 0 bridgehead atoms. The predicted octanol–water partition coefficient (Wildman–Crippen LogP) is 4.09. The molecule has 126 valence electrons. The Balaban J connectivity index is 0.000000325. The van der Waals surface area contributed by atoms with Crippen molar-refractivity contribution < 1.29 is 4.52 Å². The summed E-state index contributed by atoms with van der Waals surface area (Å²) in [6.45, 7) is 0. The monoisotopic (exact) mass is 412 g/mol. The summed E-state index contributed by atoms with van der Waals surface area (Å²) < 4.78 is 4.22. The zero-order valence-electron chi connectivity index (χ0n) is 13.5. The van der Waals surface area contributed by atoms with Crippen molar-refractivity contribution in [1.82, 2.24) is 10.4 Å². The Hall–Kier alpha value is -2.29. The third-order valence-electron chi connectivity index (χ3n) is 3.33. The van der Waals surface area contributed by atoms with Gasteiger partial charge in [0.1, 0.15) is 6.26 Å². The largest absolute Gasteiger partial charge is 0.346 e. The second kappa shape index (κ2) is 10.5. The van der Waals surface area contributed by atoms with E-state index in [1.807, 2.05) is 0 Å². The molecule has 0 spiro atoms. The van der Waals surface area contributed by atoms with Crippen LogP contribution in [0.15, 0.2) is 108 Å². The summed E-state index contributed by atoms with van der Waals surface area (Å²) in [7, 11) is -0.446. The summed E-state index contributed by atoms with van der Waals surface area (Å²) >= 11 is 0. The van der Waals surface area contributed by atoms with Crippen LogP contribution in [0.2, 0.25) is 0 Å². The molecule has 0 N–H and O–H groups in total. The summed E-state index contributed by atoms with van der Waals surface area (Å²) in [5, 5.41) is 10.6. The van der Waals surface area contributed by atoms with Crippen LogP contribution in [-0.2, 0) is 0 Å². The number of halogens is 1. The fourth-order valence-corrected chi connectivity index (χ4v) is 4.62. The maximum absolute atomic E-state index is 4.22. The van der Waals surface area contributed by atoms with Gasteiger partial charge in [-0.05, 0) is 23.8 Å². The van der Waals surface area contributed by atoms with Gasteiger partial charge >= 0.3 is 0 Å². The van der Waals surface area contributed by atoms with Gasteiger partial charge in [0.25, 0.3) is 0 Å². The van der Waals surface area contributed by atoms with E-state index >= 15 is 0 Å². The van der Waals surface area contributed by atoms with Crippen LogP contribution in [0.25, 0.3) is 0 Å². The van der Waals surface area contributed by atoms with E-state index in [0.717, 1.165) is 0 Å². The van der Waals surface area contributed by atoms with Gasteiger partial charge < -0.3 is 4.52 Å². The Morgan fingerprint density at radius 3 is 1.24 bits per heavy atom. The van der Waals surface area contributed by atoms with Gasteiger partial charge in [-0.2, -0.15) is 0 Å². The highest BCUT2D eigenvalue weighted by Crippen LogP contribution is 2.32. The van der Waals surface area contributed by atoms with E-state index in [-0.39, 0.29) is 17.0 Å². The topological polar surface area (TPSA) is 38.9 Å². The molecule has 25 heavy (non-hydrogen) atoms. The molecule has 0 radical (unpaired) electrons. The molecule has 5 heteroatoms. The Morgan fingerprint density at radius 2 is 1.00 bits per heavy atom. The van der Waals surface area contributed by atoms with Crippen molar-refractivity contribution in [2.45, 2.75) is 0 Å². The molecule has 1 aromatic heterocycles. The highest BCUT2D eigenvalue weighted by Gasteiger charge is 2.14. The quantitative estimate of drug-likeness (QED) is 0.475. The fourth-order valence-electron chi connectivity index (χ4n) is 2.31. The van der Waals surface area contributed by atoms with Crippen LogP contribution in [-0.4, -0.2) is 10.4 Å². The average Bonchev–Trinajstić information content (AvgIpc) is 3.25. The number of benzene rings is 3. The SMILES string of the molecule is Br.c1ccc(P(c2ccccc2)c2ccccc2)cc1.c1conn1. The second-order valence-electron chi connectivity index (χ2n) is 4.93. The van der Waals surface area contributed by atoms with Crippen LogP contribution >= 0.6 is 24.9 Å². The smallest absolute Gasteiger partial charge is 0.144 e. The third-order valence-corrected chi connectivity index (χ3v) is 5.77. The normalized spacial score (nSPS) is 9.64. The Bertz CT molecular complexity index is 701. The first-order chi connectivity index (χ1) is 11.9. The van der Waals surface area contributed by atoms with Gasteiger partial charge in [0.2, 0.25) is 0 Å². The fraction of sp³-hybridized carbons (Fsp3) is 0. The minimum absolute atomic E-state index is 0. The van der Waals surface area contributed by atoms with E-state index in [0.29, 0.717) is 0 Å². The maximum Gasteiger partial charge on any atom is 0.144 e. The maximum atomic E-state index is 4.22. The molecule has 0 aliphatic carbocycles. The second-order valence-corrected chi connectivity index (χ2v) is 7.15. The summed E-state index contributed by atoms with van der Waals surface area (Å²) in [6, 6.07) is 32.3. The molecule has 4 rings (SSSR count). The van der Waals surface area contributed by atoms with Crippen LogP contribution in [0.3, 0.4) is 0 Å². The summed E-state index contributed by atoms with van der Waals surface area (Å²) in [4.78, 5) is 0. The predicted molar refractivity (Wildman–Crippen MR) is 110 cm³/mol. The number of nitrogens with zero attached hydrogens (tertiary/aromatic N) is 2. The molecule has 0 saturated heterocycles. The van der Waals surface area contributed by atoms with Crippen molar-refractivity contribution in [3.8, 4) is 0 Å². The van der Waals surface area contributed by atoms with Crippen molar-refractivity contribution in [3.63, 3.8) is 0 Å². The van der Waals surface area contributed by atoms with E-state index in [2.05, 4.69) is 106 Å². The molecule has 3 aromatic carbocycles. The zero-order valence-corrected chi connectivity index (χ0v) is 16.1. The molecular weight excluding hydrogens is 395 g/mol.